The van der Waals surface area contributed by atoms with Crippen LogP contribution < -0.4 is 16.2 Å². The van der Waals surface area contributed by atoms with Crippen LogP contribution in [-0.4, -0.2) is 36.2 Å². The quantitative estimate of drug-likeness (QED) is 0.628. The van der Waals surface area contributed by atoms with Crippen molar-refractivity contribution in [1.29, 1.82) is 0 Å². The highest BCUT2D eigenvalue weighted by Crippen LogP contribution is 2.25. The predicted octanol–water partition coefficient (Wildman–Crippen LogP) is 1.93. The van der Waals surface area contributed by atoms with Crippen molar-refractivity contribution in [2.75, 3.05) is 26.1 Å². The van der Waals surface area contributed by atoms with Crippen LogP contribution in [0.1, 0.15) is 21.5 Å². The van der Waals surface area contributed by atoms with Gasteiger partial charge >= 0.3 is 0 Å². The number of methoxy groups -OCH3 is 1. The van der Waals surface area contributed by atoms with Crippen LogP contribution in [0.25, 0.3) is 10.9 Å². The molecule has 26 heavy (non-hydrogen) atoms. The molecule has 0 aliphatic rings. The normalized spacial score (nSPS) is 10.8. The van der Waals surface area contributed by atoms with Gasteiger partial charge in [0.15, 0.2) is 0 Å². The van der Waals surface area contributed by atoms with Crippen molar-refractivity contribution in [2.24, 2.45) is 5.73 Å². The molecule has 3 aromatic rings. The van der Waals surface area contributed by atoms with E-state index in [1.165, 1.54) is 0 Å². The minimum Gasteiger partial charge on any atom is -0.475 e. The molecule has 0 aliphatic carbocycles. The van der Waals surface area contributed by atoms with Gasteiger partial charge in [0.05, 0.1) is 17.5 Å². The number of carbonyl (C=O) groups is 1. The summed E-state index contributed by atoms with van der Waals surface area (Å²) in [6.45, 7) is 0.832. The second-order valence-electron chi connectivity index (χ2n) is 5.82. The van der Waals surface area contributed by atoms with E-state index in [-0.39, 0.29) is 5.95 Å². The maximum absolute atomic E-state index is 11.2. The van der Waals surface area contributed by atoms with Crippen molar-refractivity contribution < 1.29 is 14.3 Å². The molecule has 0 saturated carbocycles. The van der Waals surface area contributed by atoms with Gasteiger partial charge < -0.3 is 20.9 Å². The first-order valence-electron chi connectivity index (χ1n) is 8.13. The van der Waals surface area contributed by atoms with E-state index in [9.17, 15) is 4.79 Å². The van der Waals surface area contributed by atoms with Gasteiger partial charge in [-0.05, 0) is 41.8 Å². The lowest BCUT2D eigenvalue weighted by molar-refractivity contribution is 0.100. The van der Waals surface area contributed by atoms with Crippen LogP contribution in [0.15, 0.2) is 42.5 Å². The molecule has 3 rings (SSSR count). The summed E-state index contributed by atoms with van der Waals surface area (Å²) in [6, 6.07) is 13.1. The maximum Gasteiger partial charge on any atom is 0.248 e. The summed E-state index contributed by atoms with van der Waals surface area (Å²) in [5.41, 5.74) is 14.4. The first kappa shape index (κ1) is 17.6. The summed E-state index contributed by atoms with van der Waals surface area (Å²) in [5, 5.41) is 0.793. The highest BCUT2D eigenvalue weighted by Gasteiger charge is 2.09. The number of nitrogens with zero attached hydrogens (tertiary/aromatic N) is 2. The Kier molecular flexibility index (Phi) is 5.28. The second kappa shape index (κ2) is 7.79. The van der Waals surface area contributed by atoms with Crippen LogP contribution in [0.4, 0.5) is 5.95 Å². The molecule has 134 valence electrons. The van der Waals surface area contributed by atoms with Crippen LogP contribution >= 0.6 is 0 Å². The minimum absolute atomic E-state index is 0.166. The topological polar surface area (TPSA) is 113 Å². The first-order chi connectivity index (χ1) is 12.6. The third kappa shape index (κ3) is 4.07. The Morgan fingerprint density at radius 3 is 2.46 bits per heavy atom. The van der Waals surface area contributed by atoms with Gasteiger partial charge in [-0.1, -0.05) is 18.2 Å². The Bertz CT molecular complexity index is 926. The van der Waals surface area contributed by atoms with E-state index >= 15 is 0 Å². The molecule has 0 atom stereocenters. The molecule has 0 spiro atoms. The first-order valence-corrected chi connectivity index (χ1v) is 8.13. The van der Waals surface area contributed by atoms with E-state index in [1.54, 1.807) is 19.2 Å². The van der Waals surface area contributed by atoms with Crippen LogP contribution in [0.3, 0.4) is 0 Å². The second-order valence-corrected chi connectivity index (χ2v) is 5.82. The SMILES string of the molecule is COCCOc1nc(N)nc2ccc(Cc3ccc(C(N)=O)cc3)cc12. The summed E-state index contributed by atoms with van der Waals surface area (Å²) in [7, 11) is 1.61. The lowest BCUT2D eigenvalue weighted by Crippen LogP contribution is -2.10. The number of rotatable bonds is 7. The molecular formula is C19H20N4O3. The summed E-state index contributed by atoms with van der Waals surface area (Å²) in [4.78, 5) is 19.6. The summed E-state index contributed by atoms with van der Waals surface area (Å²) < 4.78 is 10.7. The van der Waals surface area contributed by atoms with E-state index < -0.39 is 5.91 Å². The smallest absolute Gasteiger partial charge is 0.248 e. The highest BCUT2D eigenvalue weighted by molar-refractivity contribution is 5.92. The van der Waals surface area contributed by atoms with Gasteiger partial charge in [-0.2, -0.15) is 4.98 Å². The van der Waals surface area contributed by atoms with Gasteiger partial charge in [0.25, 0.3) is 0 Å². The number of carbonyl (C=O) groups excluding carboxylic acids is 1. The highest BCUT2D eigenvalue weighted by atomic mass is 16.5. The molecule has 0 unspecified atom stereocenters. The molecule has 7 nitrogen and oxygen atoms in total. The molecule has 2 aromatic carbocycles. The molecule has 0 saturated heterocycles. The van der Waals surface area contributed by atoms with E-state index in [2.05, 4.69) is 9.97 Å². The van der Waals surface area contributed by atoms with Crippen LogP contribution in [0.5, 0.6) is 5.88 Å². The van der Waals surface area contributed by atoms with Gasteiger partial charge in [0.2, 0.25) is 17.7 Å². The largest absolute Gasteiger partial charge is 0.475 e. The fourth-order valence-corrected chi connectivity index (χ4v) is 2.63. The van der Waals surface area contributed by atoms with Crippen LogP contribution in [-0.2, 0) is 11.2 Å². The zero-order valence-electron chi connectivity index (χ0n) is 14.4. The standard InChI is InChI=1S/C19H20N4O3/c1-25-8-9-26-18-15-11-13(4-7-16(15)22-19(21)23-18)10-12-2-5-14(6-3-12)17(20)24/h2-7,11H,8-10H2,1H3,(H2,20,24)(H2,21,22,23). The number of hydrogen-bond acceptors (Lipinski definition) is 6. The Morgan fingerprint density at radius 2 is 1.77 bits per heavy atom. The van der Waals surface area contributed by atoms with Crippen molar-refractivity contribution in [3.8, 4) is 5.88 Å². The zero-order chi connectivity index (χ0) is 18.5. The Labute approximate surface area is 151 Å². The van der Waals surface area contributed by atoms with Gasteiger partial charge in [0, 0.05) is 12.7 Å². The summed E-state index contributed by atoms with van der Waals surface area (Å²) in [5.74, 6) is 0.171. The monoisotopic (exact) mass is 352 g/mol. The van der Waals surface area contributed by atoms with E-state index in [0.717, 1.165) is 22.0 Å². The number of hydrogen-bond donors (Lipinski definition) is 2. The molecule has 0 radical (unpaired) electrons. The van der Waals surface area contributed by atoms with Crippen molar-refractivity contribution >= 4 is 22.8 Å². The zero-order valence-corrected chi connectivity index (χ0v) is 14.4. The van der Waals surface area contributed by atoms with Gasteiger partial charge in [-0.15, -0.1) is 0 Å². The third-order valence-corrected chi connectivity index (χ3v) is 3.92. The molecule has 0 bridgehead atoms. The molecule has 1 aromatic heterocycles. The Balaban J connectivity index is 1.88. The lowest BCUT2D eigenvalue weighted by Gasteiger charge is -2.10. The van der Waals surface area contributed by atoms with Gasteiger partial charge in [-0.25, -0.2) is 4.98 Å². The molecule has 1 amide bonds. The number of anilines is 1. The Morgan fingerprint density at radius 1 is 1.04 bits per heavy atom. The lowest BCUT2D eigenvalue weighted by atomic mass is 10.0. The number of nitrogen functional groups attached to an aromatic ring is 1. The van der Waals surface area contributed by atoms with Crippen LogP contribution in [0.2, 0.25) is 0 Å². The van der Waals surface area contributed by atoms with Gasteiger partial charge in [-0.3, -0.25) is 4.79 Å². The molecule has 0 fully saturated rings. The van der Waals surface area contributed by atoms with Crippen LogP contribution in [0, 0.1) is 0 Å². The number of nitrogens with two attached hydrogens (primary N) is 2. The van der Waals surface area contributed by atoms with Crippen molar-refractivity contribution in [3.05, 3.63) is 59.2 Å². The number of ether oxygens (including phenoxy) is 2. The average molecular weight is 352 g/mol. The molecule has 0 aliphatic heterocycles. The number of primary amides is 1. The fraction of sp³-hybridized carbons (Fsp3) is 0.211. The molecule has 7 heteroatoms. The molecular weight excluding hydrogens is 332 g/mol. The van der Waals surface area contributed by atoms with Crippen molar-refractivity contribution in [2.45, 2.75) is 6.42 Å². The Hall–Kier alpha value is -3.19. The van der Waals surface area contributed by atoms with Crippen molar-refractivity contribution in [3.63, 3.8) is 0 Å². The minimum atomic E-state index is -0.435. The van der Waals surface area contributed by atoms with Gasteiger partial charge in [0.1, 0.15) is 6.61 Å². The van der Waals surface area contributed by atoms with Crippen molar-refractivity contribution in [1.82, 2.24) is 9.97 Å². The summed E-state index contributed by atoms with van der Waals surface area (Å²) in [6.07, 6.45) is 0.691. The number of amides is 1. The molecule has 4 N–H and O–H groups in total. The third-order valence-electron chi connectivity index (χ3n) is 3.92. The van der Waals surface area contributed by atoms with E-state index in [4.69, 9.17) is 20.9 Å². The molecule has 1 heterocycles. The fourth-order valence-electron chi connectivity index (χ4n) is 2.63. The maximum atomic E-state index is 11.2. The number of benzene rings is 2. The van der Waals surface area contributed by atoms with E-state index in [0.29, 0.717) is 31.1 Å². The average Bonchev–Trinajstić information content (AvgIpc) is 2.62. The predicted molar refractivity (Wildman–Crippen MR) is 99.1 cm³/mol. The number of fused-ring (bicyclic) bond motifs is 1. The van der Waals surface area contributed by atoms with E-state index in [1.807, 2.05) is 30.3 Å². The number of aromatic nitrogens is 2. The summed E-state index contributed by atoms with van der Waals surface area (Å²) >= 11 is 0.